The third-order valence-corrected chi connectivity index (χ3v) is 1.72. The average Bonchev–Trinajstić information content (AvgIpc) is 1.83. The molecule has 1 rings (SSSR count). The van der Waals surface area contributed by atoms with Crippen LogP contribution in [0, 0.1) is 0 Å². The van der Waals surface area contributed by atoms with Crippen LogP contribution in [-0.4, -0.2) is 23.3 Å². The summed E-state index contributed by atoms with van der Waals surface area (Å²) in [6, 6.07) is 0. The van der Waals surface area contributed by atoms with Crippen LogP contribution in [0.2, 0.25) is 0 Å². The molecular formula is C7H10O3. The Kier molecular flexibility index (Phi) is 1.52. The van der Waals surface area contributed by atoms with E-state index in [1.54, 1.807) is 6.92 Å². The quantitative estimate of drug-likeness (QED) is 0.389. The topological polar surface area (TPSA) is 46.5 Å². The zero-order valence-corrected chi connectivity index (χ0v) is 5.89. The summed E-state index contributed by atoms with van der Waals surface area (Å²) in [5.41, 5.74) is -0.909. The molecule has 10 heavy (non-hydrogen) atoms. The molecule has 1 atom stereocenters. The zero-order valence-electron chi connectivity index (χ0n) is 5.89. The van der Waals surface area contributed by atoms with E-state index in [1.807, 2.05) is 0 Å². The highest BCUT2D eigenvalue weighted by Crippen LogP contribution is 2.24. The highest BCUT2D eigenvalue weighted by atomic mass is 16.5. The summed E-state index contributed by atoms with van der Waals surface area (Å²) in [4.78, 5) is 10.7. The molecule has 56 valence electrons. The monoisotopic (exact) mass is 142 g/mol. The number of carbonyl (C=O) groups excluding carboxylic acids is 1. The summed E-state index contributed by atoms with van der Waals surface area (Å²) in [5, 5.41) is 9.41. The van der Waals surface area contributed by atoms with E-state index in [4.69, 9.17) is 0 Å². The minimum absolute atomic E-state index is 0.152. The Morgan fingerprint density at radius 1 is 1.80 bits per heavy atom. The van der Waals surface area contributed by atoms with Gasteiger partial charge in [0.25, 0.3) is 0 Å². The van der Waals surface area contributed by atoms with Crippen molar-refractivity contribution in [3.8, 4) is 0 Å². The number of rotatable bonds is 0. The second-order valence-corrected chi connectivity index (χ2v) is 2.64. The molecule has 0 radical (unpaired) electrons. The fraction of sp³-hybridized carbons (Fsp3) is 0.571. The Morgan fingerprint density at radius 2 is 2.40 bits per heavy atom. The highest BCUT2D eigenvalue weighted by molar-refractivity contribution is 5.90. The van der Waals surface area contributed by atoms with Gasteiger partial charge in [0.15, 0.2) is 0 Å². The Morgan fingerprint density at radius 3 is 2.80 bits per heavy atom. The second-order valence-electron chi connectivity index (χ2n) is 2.64. The smallest absolute Gasteiger partial charge is 0.336 e. The van der Waals surface area contributed by atoms with Gasteiger partial charge in [-0.3, -0.25) is 0 Å². The lowest BCUT2D eigenvalue weighted by Crippen LogP contribution is -2.38. The van der Waals surface area contributed by atoms with Crippen molar-refractivity contribution in [3.63, 3.8) is 0 Å². The van der Waals surface area contributed by atoms with E-state index in [0.717, 1.165) is 0 Å². The van der Waals surface area contributed by atoms with Gasteiger partial charge in [-0.15, -0.1) is 0 Å². The maximum absolute atomic E-state index is 10.7. The van der Waals surface area contributed by atoms with Gasteiger partial charge in [-0.25, -0.2) is 4.79 Å². The van der Waals surface area contributed by atoms with Gasteiger partial charge in [-0.1, -0.05) is 6.58 Å². The second kappa shape index (κ2) is 2.09. The van der Waals surface area contributed by atoms with Crippen molar-refractivity contribution < 1.29 is 14.6 Å². The molecule has 0 aromatic rings. The van der Waals surface area contributed by atoms with Crippen LogP contribution in [0.4, 0.5) is 0 Å². The van der Waals surface area contributed by atoms with Crippen LogP contribution < -0.4 is 0 Å². The zero-order chi connectivity index (χ0) is 7.78. The largest absolute Gasteiger partial charge is 0.462 e. The summed E-state index contributed by atoms with van der Waals surface area (Å²) in [6.07, 6.45) is 0.442. The van der Waals surface area contributed by atoms with Crippen molar-refractivity contribution in [2.24, 2.45) is 0 Å². The van der Waals surface area contributed by atoms with Crippen LogP contribution in [0.15, 0.2) is 12.2 Å². The Balaban J connectivity index is 2.79. The van der Waals surface area contributed by atoms with E-state index in [0.29, 0.717) is 6.42 Å². The van der Waals surface area contributed by atoms with Crippen LogP contribution >= 0.6 is 0 Å². The van der Waals surface area contributed by atoms with Crippen LogP contribution in [0.25, 0.3) is 0 Å². The molecule has 1 saturated heterocycles. The first kappa shape index (κ1) is 7.28. The summed E-state index contributed by atoms with van der Waals surface area (Å²) in [6.45, 7) is 5.27. The van der Waals surface area contributed by atoms with Gasteiger partial charge in [0, 0.05) is 6.42 Å². The summed E-state index contributed by atoms with van der Waals surface area (Å²) in [7, 11) is 0. The first-order valence-corrected chi connectivity index (χ1v) is 3.13. The Bertz CT molecular complexity index is 181. The molecule has 0 aromatic carbocycles. The molecule has 1 aliphatic heterocycles. The maximum atomic E-state index is 10.7. The number of esters is 1. The highest BCUT2D eigenvalue weighted by Gasteiger charge is 2.34. The summed E-state index contributed by atoms with van der Waals surface area (Å²) in [5.74, 6) is -0.490. The minimum Gasteiger partial charge on any atom is -0.462 e. The molecule has 1 unspecified atom stereocenters. The molecule has 3 heteroatoms. The minimum atomic E-state index is -1.06. The predicted octanol–water partition coefficient (Wildman–Crippen LogP) is 0.240. The Labute approximate surface area is 59.3 Å². The number of ether oxygens (including phenoxy) is 1. The lowest BCUT2D eigenvalue weighted by molar-refractivity contribution is -0.147. The molecule has 1 N–H and O–H groups in total. The third-order valence-electron chi connectivity index (χ3n) is 1.72. The molecule has 3 nitrogen and oxygen atoms in total. The van der Waals surface area contributed by atoms with Crippen LogP contribution in [0.5, 0.6) is 0 Å². The number of hydrogen-bond donors (Lipinski definition) is 1. The van der Waals surface area contributed by atoms with E-state index in [2.05, 4.69) is 11.3 Å². The van der Waals surface area contributed by atoms with Crippen LogP contribution in [0.1, 0.15) is 13.3 Å². The molecule has 0 amide bonds. The summed E-state index contributed by atoms with van der Waals surface area (Å²) < 4.78 is 4.63. The standard InChI is InChI=1S/C7H10O3/c1-5-6(8)10-4-3-7(5,2)9/h9H,1,3-4H2,2H3. The average molecular weight is 142 g/mol. The SMILES string of the molecule is C=C1C(=O)OCCC1(C)O. The van der Waals surface area contributed by atoms with Crippen molar-refractivity contribution in [3.05, 3.63) is 12.2 Å². The molecule has 1 fully saturated rings. The molecule has 0 aromatic heterocycles. The van der Waals surface area contributed by atoms with Crippen molar-refractivity contribution >= 4 is 5.97 Å². The lowest BCUT2D eigenvalue weighted by Gasteiger charge is -2.28. The molecule has 0 aliphatic carbocycles. The van der Waals surface area contributed by atoms with Crippen molar-refractivity contribution in [1.82, 2.24) is 0 Å². The van der Waals surface area contributed by atoms with Crippen LogP contribution in [0.3, 0.4) is 0 Å². The number of hydrogen-bond acceptors (Lipinski definition) is 3. The molecule has 0 saturated carbocycles. The molecule has 1 aliphatic rings. The van der Waals surface area contributed by atoms with Crippen molar-refractivity contribution in [2.45, 2.75) is 18.9 Å². The fourth-order valence-corrected chi connectivity index (χ4v) is 0.800. The van der Waals surface area contributed by atoms with E-state index >= 15 is 0 Å². The van der Waals surface area contributed by atoms with E-state index < -0.39 is 11.6 Å². The fourth-order valence-electron chi connectivity index (χ4n) is 0.800. The molecule has 0 spiro atoms. The lowest BCUT2D eigenvalue weighted by atomic mass is 9.92. The van der Waals surface area contributed by atoms with Crippen LogP contribution in [-0.2, 0) is 9.53 Å². The maximum Gasteiger partial charge on any atom is 0.336 e. The first-order valence-electron chi connectivity index (χ1n) is 3.13. The van der Waals surface area contributed by atoms with Crippen molar-refractivity contribution in [2.75, 3.05) is 6.61 Å². The predicted molar refractivity (Wildman–Crippen MR) is 35.3 cm³/mol. The number of aliphatic hydroxyl groups is 1. The van der Waals surface area contributed by atoms with E-state index in [9.17, 15) is 9.90 Å². The molecule has 1 heterocycles. The molecule has 0 bridgehead atoms. The van der Waals surface area contributed by atoms with Gasteiger partial charge in [0.2, 0.25) is 0 Å². The molecular weight excluding hydrogens is 132 g/mol. The van der Waals surface area contributed by atoms with Crippen molar-refractivity contribution in [1.29, 1.82) is 0 Å². The van der Waals surface area contributed by atoms with Gasteiger partial charge in [0.1, 0.15) is 0 Å². The van der Waals surface area contributed by atoms with Gasteiger partial charge in [0.05, 0.1) is 17.8 Å². The first-order chi connectivity index (χ1) is 4.54. The number of cyclic esters (lactones) is 1. The van der Waals surface area contributed by atoms with E-state index in [1.165, 1.54) is 0 Å². The number of carbonyl (C=O) groups is 1. The van der Waals surface area contributed by atoms with E-state index in [-0.39, 0.29) is 12.2 Å². The Hall–Kier alpha value is -0.830. The van der Waals surface area contributed by atoms with Gasteiger partial charge >= 0.3 is 5.97 Å². The normalized spacial score (nSPS) is 33.8. The van der Waals surface area contributed by atoms with Gasteiger partial charge in [-0.2, -0.15) is 0 Å². The summed E-state index contributed by atoms with van der Waals surface area (Å²) >= 11 is 0. The third kappa shape index (κ3) is 1.04. The van der Waals surface area contributed by atoms with Gasteiger partial charge in [-0.05, 0) is 6.92 Å². The van der Waals surface area contributed by atoms with Gasteiger partial charge < -0.3 is 9.84 Å².